The summed E-state index contributed by atoms with van der Waals surface area (Å²) >= 11 is 0. The van der Waals surface area contributed by atoms with Gasteiger partial charge in [-0.1, -0.05) is 42.5 Å². The largest absolute Gasteiger partial charge is 0.489 e. The first-order chi connectivity index (χ1) is 12.2. The van der Waals surface area contributed by atoms with Crippen LogP contribution in [0, 0.1) is 0 Å². The Hall–Kier alpha value is -3.40. The van der Waals surface area contributed by atoms with Gasteiger partial charge in [-0.15, -0.1) is 0 Å². The molecular weight excluding hydrogens is 314 g/mol. The predicted octanol–water partition coefficient (Wildman–Crippen LogP) is 4.71. The van der Waals surface area contributed by atoms with Gasteiger partial charge in [-0.3, -0.25) is 4.99 Å². The number of aromatic carboxylic acids is 1. The molecule has 4 nitrogen and oxygen atoms in total. The molecule has 3 aromatic carbocycles. The smallest absolute Gasteiger partial charge is 0.335 e. The fraction of sp³-hybridized carbons (Fsp3) is 0.0476. The van der Waals surface area contributed by atoms with Crippen LogP contribution in [0.15, 0.2) is 83.9 Å². The van der Waals surface area contributed by atoms with E-state index in [2.05, 4.69) is 4.99 Å². The molecule has 0 aliphatic carbocycles. The van der Waals surface area contributed by atoms with Crippen LogP contribution < -0.4 is 4.74 Å². The molecule has 3 rings (SSSR count). The Labute approximate surface area is 146 Å². The van der Waals surface area contributed by atoms with Gasteiger partial charge in [0.2, 0.25) is 0 Å². The van der Waals surface area contributed by atoms with Crippen molar-refractivity contribution in [2.75, 3.05) is 0 Å². The summed E-state index contributed by atoms with van der Waals surface area (Å²) in [6.45, 7) is 0.374. The molecule has 124 valence electrons. The van der Waals surface area contributed by atoms with E-state index in [4.69, 9.17) is 9.84 Å². The molecule has 0 saturated heterocycles. The molecule has 25 heavy (non-hydrogen) atoms. The van der Waals surface area contributed by atoms with Crippen molar-refractivity contribution in [3.05, 3.63) is 95.6 Å². The van der Waals surface area contributed by atoms with Gasteiger partial charge in [0.15, 0.2) is 0 Å². The topological polar surface area (TPSA) is 58.9 Å². The van der Waals surface area contributed by atoms with Crippen LogP contribution in [0.5, 0.6) is 5.75 Å². The molecule has 0 fully saturated rings. The van der Waals surface area contributed by atoms with Crippen LogP contribution in [0.4, 0.5) is 5.69 Å². The van der Waals surface area contributed by atoms with Crippen LogP contribution in [0.2, 0.25) is 0 Å². The maximum Gasteiger partial charge on any atom is 0.335 e. The van der Waals surface area contributed by atoms with Crippen LogP contribution in [0.3, 0.4) is 0 Å². The van der Waals surface area contributed by atoms with Crippen molar-refractivity contribution in [2.24, 2.45) is 4.99 Å². The van der Waals surface area contributed by atoms with E-state index >= 15 is 0 Å². The van der Waals surface area contributed by atoms with E-state index in [1.165, 1.54) is 0 Å². The second kappa shape index (κ2) is 7.93. The third kappa shape index (κ3) is 4.78. The van der Waals surface area contributed by atoms with Crippen LogP contribution in [0.25, 0.3) is 0 Å². The number of ether oxygens (including phenoxy) is 1. The highest BCUT2D eigenvalue weighted by Gasteiger charge is 2.02. The maximum absolute atomic E-state index is 10.8. The summed E-state index contributed by atoms with van der Waals surface area (Å²) in [5, 5.41) is 8.90. The number of rotatable bonds is 6. The van der Waals surface area contributed by atoms with Crippen molar-refractivity contribution in [1.29, 1.82) is 0 Å². The van der Waals surface area contributed by atoms with E-state index in [9.17, 15) is 4.79 Å². The van der Waals surface area contributed by atoms with Crippen molar-refractivity contribution in [2.45, 2.75) is 6.61 Å². The zero-order valence-corrected chi connectivity index (χ0v) is 13.5. The summed E-state index contributed by atoms with van der Waals surface area (Å²) in [4.78, 5) is 15.3. The molecule has 0 amide bonds. The van der Waals surface area contributed by atoms with E-state index in [0.717, 1.165) is 22.6 Å². The lowest BCUT2D eigenvalue weighted by atomic mass is 10.1. The second-order valence-electron chi connectivity index (χ2n) is 5.46. The molecule has 0 radical (unpaired) electrons. The average Bonchev–Trinajstić information content (AvgIpc) is 2.66. The van der Waals surface area contributed by atoms with Gasteiger partial charge in [0, 0.05) is 6.21 Å². The zero-order chi connectivity index (χ0) is 17.5. The molecule has 0 bridgehead atoms. The summed E-state index contributed by atoms with van der Waals surface area (Å²) in [6.07, 6.45) is 1.80. The molecule has 0 aromatic heterocycles. The molecule has 0 heterocycles. The van der Waals surface area contributed by atoms with Gasteiger partial charge in [0.05, 0.1) is 11.3 Å². The summed E-state index contributed by atoms with van der Waals surface area (Å²) in [7, 11) is 0. The van der Waals surface area contributed by atoms with Gasteiger partial charge >= 0.3 is 5.97 Å². The summed E-state index contributed by atoms with van der Waals surface area (Å²) in [5.74, 6) is -0.197. The number of hydrogen-bond acceptors (Lipinski definition) is 3. The minimum absolute atomic E-state index is 0.267. The lowest BCUT2D eigenvalue weighted by molar-refractivity contribution is 0.0697. The van der Waals surface area contributed by atoms with Crippen LogP contribution in [-0.4, -0.2) is 17.3 Å². The third-order valence-corrected chi connectivity index (χ3v) is 3.58. The number of carboxylic acid groups (broad SMARTS) is 1. The summed E-state index contributed by atoms with van der Waals surface area (Å²) in [6, 6.07) is 24.1. The molecule has 0 aliphatic heterocycles. The fourth-order valence-corrected chi connectivity index (χ4v) is 2.26. The van der Waals surface area contributed by atoms with Gasteiger partial charge < -0.3 is 9.84 Å². The number of nitrogens with zero attached hydrogens (tertiary/aromatic N) is 1. The molecule has 0 aliphatic rings. The normalized spacial score (nSPS) is 10.7. The van der Waals surface area contributed by atoms with Crippen molar-refractivity contribution in [3.63, 3.8) is 0 Å². The Balaban J connectivity index is 1.63. The minimum atomic E-state index is -0.933. The Morgan fingerprint density at radius 3 is 2.44 bits per heavy atom. The first-order valence-electron chi connectivity index (χ1n) is 7.85. The second-order valence-corrected chi connectivity index (χ2v) is 5.46. The highest BCUT2D eigenvalue weighted by molar-refractivity contribution is 5.87. The SMILES string of the molecule is O=C(O)c1ccc(COc2cccc(C=Nc3ccccc3)c2)cc1. The maximum atomic E-state index is 10.8. The zero-order valence-electron chi connectivity index (χ0n) is 13.5. The predicted molar refractivity (Wildman–Crippen MR) is 97.9 cm³/mol. The third-order valence-electron chi connectivity index (χ3n) is 3.58. The Morgan fingerprint density at radius 1 is 0.960 bits per heavy atom. The molecule has 3 aromatic rings. The van der Waals surface area contributed by atoms with Crippen LogP contribution >= 0.6 is 0 Å². The van der Waals surface area contributed by atoms with Gasteiger partial charge in [-0.2, -0.15) is 0 Å². The van der Waals surface area contributed by atoms with Crippen LogP contribution in [-0.2, 0) is 6.61 Å². The van der Waals surface area contributed by atoms with E-state index < -0.39 is 5.97 Å². The van der Waals surface area contributed by atoms with Crippen molar-refractivity contribution in [3.8, 4) is 5.75 Å². The highest BCUT2D eigenvalue weighted by atomic mass is 16.5. The molecule has 4 heteroatoms. The number of aliphatic imine (C=N–C) groups is 1. The fourth-order valence-electron chi connectivity index (χ4n) is 2.26. The Morgan fingerprint density at radius 2 is 1.72 bits per heavy atom. The van der Waals surface area contributed by atoms with Gasteiger partial charge in [-0.25, -0.2) is 4.79 Å². The van der Waals surface area contributed by atoms with Gasteiger partial charge in [0.1, 0.15) is 12.4 Å². The van der Waals surface area contributed by atoms with E-state index in [1.54, 1.807) is 30.5 Å². The monoisotopic (exact) mass is 331 g/mol. The van der Waals surface area contributed by atoms with Crippen LogP contribution in [0.1, 0.15) is 21.5 Å². The minimum Gasteiger partial charge on any atom is -0.489 e. The number of benzene rings is 3. The Bertz CT molecular complexity index is 871. The number of carbonyl (C=O) groups is 1. The molecule has 1 N–H and O–H groups in total. The van der Waals surface area contributed by atoms with E-state index in [-0.39, 0.29) is 5.56 Å². The Kier molecular flexibility index (Phi) is 5.22. The van der Waals surface area contributed by atoms with Crippen molar-refractivity contribution in [1.82, 2.24) is 0 Å². The van der Waals surface area contributed by atoms with Crippen molar-refractivity contribution >= 4 is 17.9 Å². The number of para-hydroxylation sites is 1. The molecule has 0 atom stereocenters. The van der Waals surface area contributed by atoms with E-state index in [0.29, 0.717) is 6.61 Å². The number of hydrogen-bond donors (Lipinski definition) is 1. The first-order valence-corrected chi connectivity index (χ1v) is 7.85. The molecular formula is C21H17NO3. The first kappa shape index (κ1) is 16.5. The van der Waals surface area contributed by atoms with Gasteiger partial charge in [0.25, 0.3) is 0 Å². The highest BCUT2D eigenvalue weighted by Crippen LogP contribution is 2.16. The number of carboxylic acids is 1. The quantitative estimate of drug-likeness (QED) is 0.665. The summed E-state index contributed by atoms with van der Waals surface area (Å²) in [5.41, 5.74) is 3.02. The van der Waals surface area contributed by atoms with Gasteiger partial charge in [-0.05, 0) is 47.5 Å². The lowest BCUT2D eigenvalue weighted by Crippen LogP contribution is -1.99. The summed E-state index contributed by atoms with van der Waals surface area (Å²) < 4.78 is 5.78. The van der Waals surface area contributed by atoms with E-state index in [1.807, 2.05) is 54.6 Å². The van der Waals surface area contributed by atoms with Crippen molar-refractivity contribution < 1.29 is 14.6 Å². The lowest BCUT2D eigenvalue weighted by Gasteiger charge is -2.07. The molecule has 0 saturated carbocycles. The molecule has 0 spiro atoms. The standard InChI is InChI=1S/C21H17NO3/c23-21(24)18-11-9-16(10-12-18)15-25-20-8-4-5-17(13-20)14-22-19-6-2-1-3-7-19/h1-14H,15H2,(H,23,24). The molecule has 0 unspecified atom stereocenters. The average molecular weight is 331 g/mol.